The lowest BCUT2D eigenvalue weighted by atomic mass is 10.1. The molecule has 0 aromatic heterocycles. The smallest absolute Gasteiger partial charge is 0.338 e. The van der Waals surface area contributed by atoms with E-state index < -0.39 is 23.4 Å². The standard InChI is InChI=1S/C15H21N3O5/c1-9(2)10(3)17-14(19)8-23-15(20)11-5-6-12(16-4)13(7-11)18(21)22/h5-7,9-10,16H,8H2,1-4H3,(H,17,19)/t10-/m0/s1. The van der Waals surface area contributed by atoms with Gasteiger partial charge in [0.2, 0.25) is 0 Å². The second-order valence-corrected chi connectivity index (χ2v) is 5.42. The molecule has 1 aromatic rings. The number of anilines is 1. The van der Waals surface area contributed by atoms with Crippen molar-refractivity contribution in [2.24, 2.45) is 5.92 Å². The molecule has 0 heterocycles. The molecule has 0 spiro atoms. The van der Waals surface area contributed by atoms with Crippen LogP contribution in [-0.4, -0.2) is 36.5 Å². The Labute approximate surface area is 134 Å². The molecule has 0 aliphatic carbocycles. The molecule has 0 saturated heterocycles. The van der Waals surface area contributed by atoms with Crippen LogP contribution in [-0.2, 0) is 9.53 Å². The lowest BCUT2D eigenvalue weighted by Gasteiger charge is -2.17. The van der Waals surface area contributed by atoms with Crippen molar-refractivity contribution in [2.45, 2.75) is 26.8 Å². The molecule has 1 atom stereocenters. The summed E-state index contributed by atoms with van der Waals surface area (Å²) in [6.45, 7) is 5.33. The summed E-state index contributed by atoms with van der Waals surface area (Å²) in [5.74, 6) is -0.949. The van der Waals surface area contributed by atoms with Gasteiger partial charge in [-0.15, -0.1) is 0 Å². The van der Waals surface area contributed by atoms with Gasteiger partial charge in [0.1, 0.15) is 5.69 Å². The van der Waals surface area contributed by atoms with Crippen molar-refractivity contribution in [3.05, 3.63) is 33.9 Å². The minimum atomic E-state index is -0.789. The highest BCUT2D eigenvalue weighted by molar-refractivity contribution is 5.93. The zero-order chi connectivity index (χ0) is 17.6. The first-order chi connectivity index (χ1) is 10.8. The van der Waals surface area contributed by atoms with Crippen LogP contribution in [0.25, 0.3) is 0 Å². The third-order valence-corrected chi connectivity index (χ3v) is 3.42. The quantitative estimate of drug-likeness (QED) is 0.451. The molecule has 0 aliphatic heterocycles. The van der Waals surface area contributed by atoms with Crippen LogP contribution in [0.5, 0.6) is 0 Å². The van der Waals surface area contributed by atoms with E-state index in [0.717, 1.165) is 6.07 Å². The first kappa shape index (κ1) is 18.4. The van der Waals surface area contributed by atoms with E-state index in [2.05, 4.69) is 10.6 Å². The van der Waals surface area contributed by atoms with Gasteiger partial charge in [0, 0.05) is 19.2 Å². The van der Waals surface area contributed by atoms with Crippen molar-refractivity contribution in [3.8, 4) is 0 Å². The Balaban J connectivity index is 2.70. The maximum absolute atomic E-state index is 11.9. The molecule has 0 aliphatic rings. The number of amides is 1. The second kappa shape index (κ2) is 8.11. The van der Waals surface area contributed by atoms with E-state index in [4.69, 9.17) is 4.74 Å². The Morgan fingerprint density at radius 2 is 1.96 bits per heavy atom. The summed E-state index contributed by atoms with van der Waals surface area (Å²) < 4.78 is 4.88. The lowest BCUT2D eigenvalue weighted by molar-refractivity contribution is -0.384. The molecule has 1 aromatic carbocycles. The predicted octanol–water partition coefficient (Wildman–Crippen LogP) is 1.95. The fourth-order valence-electron chi connectivity index (χ4n) is 1.70. The molecule has 0 bridgehead atoms. The first-order valence-corrected chi connectivity index (χ1v) is 7.19. The molecular weight excluding hydrogens is 302 g/mol. The predicted molar refractivity (Wildman–Crippen MR) is 85.4 cm³/mol. The third kappa shape index (κ3) is 5.24. The number of ether oxygens (including phenoxy) is 1. The van der Waals surface area contributed by atoms with Crippen LogP contribution >= 0.6 is 0 Å². The van der Waals surface area contributed by atoms with E-state index in [1.165, 1.54) is 12.1 Å². The van der Waals surface area contributed by atoms with Gasteiger partial charge in [-0.05, 0) is 25.0 Å². The zero-order valence-corrected chi connectivity index (χ0v) is 13.6. The number of nitro benzene ring substituents is 1. The summed E-state index contributed by atoms with van der Waals surface area (Å²) in [6.07, 6.45) is 0. The molecule has 1 amide bonds. The number of nitrogens with zero attached hydrogens (tertiary/aromatic N) is 1. The summed E-state index contributed by atoms with van der Waals surface area (Å²) in [4.78, 5) is 33.9. The van der Waals surface area contributed by atoms with Crippen LogP contribution in [0.4, 0.5) is 11.4 Å². The number of nitrogens with one attached hydrogen (secondary N) is 2. The van der Waals surface area contributed by atoms with Crippen LogP contribution in [0, 0.1) is 16.0 Å². The van der Waals surface area contributed by atoms with Crippen LogP contribution in [0.2, 0.25) is 0 Å². The third-order valence-electron chi connectivity index (χ3n) is 3.42. The monoisotopic (exact) mass is 323 g/mol. The number of esters is 1. The Morgan fingerprint density at radius 3 is 2.48 bits per heavy atom. The molecule has 0 saturated carbocycles. The second-order valence-electron chi connectivity index (χ2n) is 5.42. The summed E-state index contributed by atoms with van der Waals surface area (Å²) in [7, 11) is 1.54. The highest BCUT2D eigenvalue weighted by Gasteiger charge is 2.19. The highest BCUT2D eigenvalue weighted by atomic mass is 16.6. The Hall–Kier alpha value is -2.64. The maximum atomic E-state index is 11.9. The molecule has 2 N–H and O–H groups in total. The van der Waals surface area contributed by atoms with Gasteiger partial charge >= 0.3 is 5.97 Å². The maximum Gasteiger partial charge on any atom is 0.338 e. The van der Waals surface area contributed by atoms with E-state index in [9.17, 15) is 19.7 Å². The van der Waals surface area contributed by atoms with E-state index >= 15 is 0 Å². The largest absolute Gasteiger partial charge is 0.452 e. The van der Waals surface area contributed by atoms with Gasteiger partial charge in [-0.3, -0.25) is 14.9 Å². The molecule has 0 radical (unpaired) electrons. The number of carbonyl (C=O) groups is 2. The van der Waals surface area contributed by atoms with Gasteiger partial charge < -0.3 is 15.4 Å². The highest BCUT2D eigenvalue weighted by Crippen LogP contribution is 2.25. The first-order valence-electron chi connectivity index (χ1n) is 7.19. The van der Waals surface area contributed by atoms with Gasteiger partial charge in [0.25, 0.3) is 11.6 Å². The summed E-state index contributed by atoms with van der Waals surface area (Å²) in [5, 5.41) is 16.3. The number of hydrogen-bond acceptors (Lipinski definition) is 6. The molecule has 8 heteroatoms. The molecular formula is C15H21N3O5. The van der Waals surface area contributed by atoms with Crippen molar-refractivity contribution >= 4 is 23.3 Å². The molecule has 1 rings (SSSR count). The van der Waals surface area contributed by atoms with Crippen molar-refractivity contribution < 1.29 is 19.2 Å². The number of hydrogen-bond donors (Lipinski definition) is 2. The van der Waals surface area contributed by atoms with Crippen molar-refractivity contribution in [2.75, 3.05) is 19.0 Å². The van der Waals surface area contributed by atoms with Crippen LogP contribution in [0.15, 0.2) is 18.2 Å². The van der Waals surface area contributed by atoms with Crippen LogP contribution < -0.4 is 10.6 Å². The zero-order valence-electron chi connectivity index (χ0n) is 13.6. The van der Waals surface area contributed by atoms with E-state index in [-0.39, 0.29) is 28.9 Å². The van der Waals surface area contributed by atoms with Gasteiger partial charge in [-0.1, -0.05) is 13.8 Å². The average Bonchev–Trinajstić information content (AvgIpc) is 2.51. The molecule has 23 heavy (non-hydrogen) atoms. The van der Waals surface area contributed by atoms with Gasteiger partial charge in [-0.2, -0.15) is 0 Å². The van der Waals surface area contributed by atoms with Gasteiger partial charge in [0.05, 0.1) is 10.5 Å². The average molecular weight is 323 g/mol. The molecule has 8 nitrogen and oxygen atoms in total. The number of nitro groups is 1. The normalized spacial score (nSPS) is 11.7. The fraction of sp³-hybridized carbons (Fsp3) is 0.467. The summed E-state index contributed by atoms with van der Waals surface area (Å²) >= 11 is 0. The van der Waals surface area contributed by atoms with Crippen LogP contribution in [0.3, 0.4) is 0 Å². The van der Waals surface area contributed by atoms with E-state index in [0.29, 0.717) is 0 Å². The Bertz CT molecular complexity index is 601. The lowest BCUT2D eigenvalue weighted by Crippen LogP contribution is -2.38. The molecule has 0 unspecified atom stereocenters. The van der Waals surface area contributed by atoms with Gasteiger partial charge in [0.15, 0.2) is 6.61 Å². The van der Waals surface area contributed by atoms with E-state index in [1.807, 2.05) is 20.8 Å². The summed E-state index contributed by atoms with van der Waals surface area (Å²) in [5.41, 5.74) is 0.0651. The Kier molecular flexibility index (Phi) is 6.49. The van der Waals surface area contributed by atoms with E-state index in [1.54, 1.807) is 7.05 Å². The van der Waals surface area contributed by atoms with Gasteiger partial charge in [-0.25, -0.2) is 4.79 Å². The Morgan fingerprint density at radius 1 is 1.30 bits per heavy atom. The minimum absolute atomic E-state index is 0.0143. The van der Waals surface area contributed by atoms with Crippen molar-refractivity contribution in [3.63, 3.8) is 0 Å². The number of rotatable bonds is 7. The van der Waals surface area contributed by atoms with Crippen molar-refractivity contribution in [1.29, 1.82) is 0 Å². The SMILES string of the molecule is CNc1ccc(C(=O)OCC(=O)N[C@@H](C)C(C)C)cc1[N+](=O)[O-]. The fourth-order valence-corrected chi connectivity index (χ4v) is 1.70. The molecule has 126 valence electrons. The number of carbonyl (C=O) groups excluding carboxylic acids is 2. The van der Waals surface area contributed by atoms with Crippen LogP contribution in [0.1, 0.15) is 31.1 Å². The topological polar surface area (TPSA) is 111 Å². The molecule has 0 fully saturated rings. The minimum Gasteiger partial charge on any atom is -0.452 e. The van der Waals surface area contributed by atoms with Crippen molar-refractivity contribution in [1.82, 2.24) is 5.32 Å². The number of benzene rings is 1. The summed E-state index contributed by atoms with van der Waals surface area (Å²) in [6, 6.07) is 3.88.